The number of rotatable bonds is 3. The quantitative estimate of drug-likeness (QED) is 0.886. The van der Waals surface area contributed by atoms with Crippen LogP contribution in [0.15, 0.2) is 42.7 Å². The molecule has 2 heterocycles. The molecule has 0 amide bonds. The lowest BCUT2D eigenvalue weighted by Crippen LogP contribution is -2.38. The van der Waals surface area contributed by atoms with Gasteiger partial charge in [-0.3, -0.25) is 9.78 Å². The van der Waals surface area contributed by atoms with E-state index in [2.05, 4.69) is 10.3 Å². The van der Waals surface area contributed by atoms with E-state index in [9.17, 15) is 4.79 Å². The van der Waals surface area contributed by atoms with Gasteiger partial charge in [0, 0.05) is 30.1 Å². The lowest BCUT2D eigenvalue weighted by molar-refractivity contribution is -0.124. The molecule has 3 N–H and O–H groups in total. The zero-order chi connectivity index (χ0) is 13.9. The maximum absolute atomic E-state index is 12.3. The molecule has 5 heteroatoms. The van der Waals surface area contributed by atoms with Gasteiger partial charge < -0.3 is 15.8 Å². The van der Waals surface area contributed by atoms with Crippen LogP contribution in [0.4, 0.5) is 11.4 Å². The summed E-state index contributed by atoms with van der Waals surface area (Å²) in [4.78, 5) is 16.3. The van der Waals surface area contributed by atoms with Crippen molar-refractivity contribution < 1.29 is 9.53 Å². The largest absolute Gasteiger partial charge is 0.479 e. The molecule has 2 aromatic rings. The summed E-state index contributed by atoms with van der Waals surface area (Å²) in [7, 11) is 0. The SMILES string of the molecule is Nc1ccncc1CC(=O)C1CNc2ccccc2O1. The van der Waals surface area contributed by atoms with Crippen LogP contribution in [0, 0.1) is 0 Å². The van der Waals surface area contributed by atoms with Crippen LogP contribution >= 0.6 is 0 Å². The number of anilines is 2. The number of nitrogens with one attached hydrogen (secondary N) is 1. The van der Waals surface area contributed by atoms with Crippen LogP contribution in [0.2, 0.25) is 0 Å². The number of fused-ring (bicyclic) bond motifs is 1. The lowest BCUT2D eigenvalue weighted by atomic mass is 10.0. The number of benzene rings is 1. The number of nitrogen functional groups attached to an aromatic ring is 1. The number of nitrogens with two attached hydrogens (primary N) is 1. The minimum atomic E-state index is -0.496. The van der Waals surface area contributed by atoms with Gasteiger partial charge in [0.2, 0.25) is 0 Å². The first-order valence-corrected chi connectivity index (χ1v) is 6.44. The molecule has 0 spiro atoms. The molecule has 0 radical (unpaired) electrons. The molecule has 1 aromatic carbocycles. The maximum atomic E-state index is 12.3. The fraction of sp³-hybridized carbons (Fsp3) is 0.200. The highest BCUT2D eigenvalue weighted by Crippen LogP contribution is 2.28. The van der Waals surface area contributed by atoms with Crippen LogP contribution in [-0.2, 0) is 11.2 Å². The topological polar surface area (TPSA) is 77.2 Å². The predicted octanol–water partition coefficient (Wildman–Crippen LogP) is 1.65. The number of Topliss-reactive ketones (excluding diaryl/α,β-unsaturated/α-hetero) is 1. The lowest BCUT2D eigenvalue weighted by Gasteiger charge is -2.26. The molecular formula is C15H15N3O2. The highest BCUT2D eigenvalue weighted by atomic mass is 16.5. The number of carbonyl (C=O) groups excluding carboxylic acids is 1. The van der Waals surface area contributed by atoms with Crippen LogP contribution in [0.1, 0.15) is 5.56 Å². The van der Waals surface area contributed by atoms with Gasteiger partial charge in [-0.25, -0.2) is 0 Å². The molecule has 0 saturated heterocycles. The predicted molar refractivity (Wildman–Crippen MR) is 76.7 cm³/mol. The standard InChI is InChI=1S/C15H15N3O2/c16-11-5-6-17-8-10(11)7-13(19)15-9-18-12-3-1-2-4-14(12)20-15/h1-6,8,15,18H,7,9H2,(H2,16,17). The Kier molecular flexibility index (Phi) is 3.25. The van der Waals surface area contributed by atoms with Crippen molar-refractivity contribution in [2.24, 2.45) is 0 Å². The van der Waals surface area contributed by atoms with E-state index < -0.39 is 6.10 Å². The monoisotopic (exact) mass is 269 g/mol. The fourth-order valence-corrected chi connectivity index (χ4v) is 2.18. The normalized spacial score (nSPS) is 16.7. The van der Waals surface area contributed by atoms with E-state index >= 15 is 0 Å². The molecule has 1 unspecified atom stereocenters. The van der Waals surface area contributed by atoms with Gasteiger partial charge in [-0.05, 0) is 18.2 Å². The Hall–Kier alpha value is -2.56. The molecule has 102 valence electrons. The second-order valence-electron chi connectivity index (χ2n) is 4.70. The molecule has 20 heavy (non-hydrogen) atoms. The zero-order valence-electron chi connectivity index (χ0n) is 10.9. The van der Waals surface area contributed by atoms with Crippen molar-refractivity contribution >= 4 is 17.2 Å². The minimum Gasteiger partial charge on any atom is -0.479 e. The Morgan fingerprint density at radius 3 is 3.10 bits per heavy atom. The van der Waals surface area contributed by atoms with E-state index in [0.717, 1.165) is 11.3 Å². The molecule has 3 rings (SSSR count). The fourth-order valence-electron chi connectivity index (χ4n) is 2.18. The van der Waals surface area contributed by atoms with Gasteiger partial charge >= 0.3 is 0 Å². The number of nitrogens with zero attached hydrogens (tertiary/aromatic N) is 1. The van der Waals surface area contributed by atoms with Gasteiger partial charge in [-0.15, -0.1) is 0 Å². The molecular weight excluding hydrogens is 254 g/mol. The molecule has 1 aliphatic rings. The number of hydrogen-bond donors (Lipinski definition) is 2. The first-order valence-electron chi connectivity index (χ1n) is 6.44. The summed E-state index contributed by atoms with van der Waals surface area (Å²) >= 11 is 0. The summed E-state index contributed by atoms with van der Waals surface area (Å²) in [6, 6.07) is 9.27. The summed E-state index contributed by atoms with van der Waals surface area (Å²) in [6.45, 7) is 0.468. The van der Waals surface area contributed by atoms with Crippen molar-refractivity contribution in [3.8, 4) is 5.75 Å². The molecule has 1 aliphatic heterocycles. The minimum absolute atomic E-state index is 0.00768. The number of pyridine rings is 1. The van der Waals surface area contributed by atoms with Gasteiger partial charge in [0.25, 0.3) is 0 Å². The molecule has 0 fully saturated rings. The first-order chi connectivity index (χ1) is 9.74. The van der Waals surface area contributed by atoms with Crippen molar-refractivity contribution in [1.82, 2.24) is 4.98 Å². The van der Waals surface area contributed by atoms with Crippen molar-refractivity contribution in [2.45, 2.75) is 12.5 Å². The Morgan fingerprint density at radius 1 is 1.40 bits per heavy atom. The third-order valence-electron chi connectivity index (χ3n) is 3.30. The number of carbonyl (C=O) groups is 1. The number of aromatic nitrogens is 1. The molecule has 0 aliphatic carbocycles. The molecule has 1 atom stereocenters. The second-order valence-corrected chi connectivity index (χ2v) is 4.70. The third kappa shape index (κ3) is 2.42. The smallest absolute Gasteiger partial charge is 0.179 e. The van der Waals surface area contributed by atoms with Crippen LogP contribution in [-0.4, -0.2) is 23.4 Å². The number of ketones is 1. The van der Waals surface area contributed by atoms with E-state index in [0.29, 0.717) is 18.0 Å². The van der Waals surface area contributed by atoms with Crippen LogP contribution in [0.25, 0.3) is 0 Å². The molecule has 5 nitrogen and oxygen atoms in total. The van der Waals surface area contributed by atoms with Crippen molar-refractivity contribution in [1.29, 1.82) is 0 Å². The Balaban J connectivity index is 1.72. The van der Waals surface area contributed by atoms with Gasteiger partial charge in [0.05, 0.1) is 12.2 Å². The van der Waals surface area contributed by atoms with Crippen LogP contribution in [0.3, 0.4) is 0 Å². The van der Waals surface area contributed by atoms with E-state index in [4.69, 9.17) is 10.5 Å². The third-order valence-corrected chi connectivity index (χ3v) is 3.30. The van der Waals surface area contributed by atoms with Crippen molar-refractivity contribution in [3.63, 3.8) is 0 Å². The summed E-state index contributed by atoms with van der Waals surface area (Å²) in [6.07, 6.45) is 2.97. The van der Waals surface area contributed by atoms with Gasteiger partial charge in [0.1, 0.15) is 5.75 Å². The van der Waals surface area contributed by atoms with Gasteiger partial charge in [0.15, 0.2) is 11.9 Å². The van der Waals surface area contributed by atoms with Gasteiger partial charge in [-0.1, -0.05) is 12.1 Å². The maximum Gasteiger partial charge on any atom is 0.179 e. The van der Waals surface area contributed by atoms with Crippen molar-refractivity contribution in [2.75, 3.05) is 17.6 Å². The van der Waals surface area contributed by atoms with E-state index in [-0.39, 0.29) is 12.2 Å². The summed E-state index contributed by atoms with van der Waals surface area (Å²) in [5.74, 6) is 0.697. The number of hydrogen-bond acceptors (Lipinski definition) is 5. The highest BCUT2D eigenvalue weighted by Gasteiger charge is 2.25. The Labute approximate surface area is 116 Å². The molecule has 0 saturated carbocycles. The summed E-state index contributed by atoms with van der Waals surface area (Å²) in [5, 5.41) is 3.20. The van der Waals surface area contributed by atoms with E-state index in [1.165, 1.54) is 0 Å². The van der Waals surface area contributed by atoms with E-state index in [1.54, 1.807) is 18.5 Å². The Morgan fingerprint density at radius 2 is 2.25 bits per heavy atom. The second kappa shape index (κ2) is 5.21. The first kappa shape index (κ1) is 12.5. The zero-order valence-corrected chi connectivity index (χ0v) is 10.9. The highest BCUT2D eigenvalue weighted by molar-refractivity contribution is 5.88. The number of ether oxygens (including phenoxy) is 1. The van der Waals surface area contributed by atoms with Crippen LogP contribution in [0.5, 0.6) is 5.75 Å². The molecule has 0 bridgehead atoms. The molecule has 1 aromatic heterocycles. The average molecular weight is 269 g/mol. The average Bonchev–Trinajstić information content (AvgIpc) is 2.49. The summed E-state index contributed by atoms with van der Waals surface area (Å²) in [5.41, 5.74) is 8.06. The summed E-state index contributed by atoms with van der Waals surface area (Å²) < 4.78 is 5.73. The van der Waals surface area contributed by atoms with Gasteiger partial charge in [-0.2, -0.15) is 0 Å². The number of para-hydroxylation sites is 2. The van der Waals surface area contributed by atoms with Crippen LogP contribution < -0.4 is 15.8 Å². The van der Waals surface area contributed by atoms with E-state index in [1.807, 2.05) is 24.3 Å². The van der Waals surface area contributed by atoms with Crippen molar-refractivity contribution in [3.05, 3.63) is 48.3 Å². The Bertz CT molecular complexity index is 643.